The summed E-state index contributed by atoms with van der Waals surface area (Å²) in [4.78, 5) is 0. The number of rotatable bonds is 0. The third kappa shape index (κ3) is 2420. The quantitative estimate of drug-likeness (QED) is 0.288. The van der Waals surface area contributed by atoms with E-state index < -0.39 is 34.5 Å². The van der Waals surface area contributed by atoms with Crippen molar-refractivity contribution in [3.8, 4) is 0 Å². The molecule has 0 fully saturated rings. The molecule has 0 rings (SSSR count). The van der Waals surface area contributed by atoms with Crippen LogP contribution in [0.15, 0.2) is 0 Å². The molecule has 0 heterocycles. The zero-order chi connectivity index (χ0) is 11.7. The summed E-state index contributed by atoms with van der Waals surface area (Å²) in [5, 5.41) is 0. The van der Waals surface area contributed by atoms with E-state index in [-0.39, 0.29) is 0 Å². The molecule has 0 atom stereocenters. The Hall–Kier alpha value is 0.783. The predicted octanol–water partition coefficient (Wildman–Crippen LogP) is 5.92. The van der Waals surface area contributed by atoms with Gasteiger partial charge in [-0.25, -0.2) is 0 Å². The predicted molar refractivity (Wildman–Crippen MR) is 24.9 cm³/mol. The van der Waals surface area contributed by atoms with Crippen LogP contribution >= 0.6 is 17.7 Å². The van der Waals surface area contributed by atoms with Crippen molar-refractivity contribution >= 4 is 17.7 Å². The van der Waals surface area contributed by atoms with Crippen LogP contribution in [-0.2, 0) is 16.8 Å². The van der Waals surface area contributed by atoms with Crippen LogP contribution in [-0.4, -0.2) is 0 Å². The van der Waals surface area contributed by atoms with Gasteiger partial charge in [-0.15, -0.1) is 0 Å². The molecule has 0 amide bonds. The van der Waals surface area contributed by atoms with Crippen LogP contribution in [0.3, 0.4) is 0 Å². The molecule has 13 heteroatoms. The minimum atomic E-state index is -6.86. The van der Waals surface area contributed by atoms with Crippen molar-refractivity contribution in [2.75, 3.05) is 0 Å². The molecule has 0 unspecified atom stereocenters. The molecule has 0 N–H and O–H groups in total. The molecule has 0 saturated carbocycles. The molecule has 0 aromatic carbocycles. The zero-order valence-electron chi connectivity index (χ0n) is 5.03. The van der Waals surface area contributed by atoms with Gasteiger partial charge in [0, 0.05) is 0 Å². The van der Waals surface area contributed by atoms with Crippen molar-refractivity contribution in [1.29, 1.82) is 0 Å². The van der Waals surface area contributed by atoms with Crippen molar-refractivity contribution in [3.63, 3.8) is 0 Å². The molecule has 0 aliphatic heterocycles. The topological polar surface area (TPSA) is 0 Å². The van der Waals surface area contributed by atoms with E-state index in [1.165, 1.54) is 0 Å². The molecule has 0 bridgehead atoms. The maximum atomic E-state index is 9.86. The zero-order valence-corrected chi connectivity index (χ0v) is 8.55. The average molecular weight is 353 g/mol. The van der Waals surface area contributed by atoms with E-state index in [1.807, 2.05) is 0 Å². The van der Waals surface area contributed by atoms with Gasteiger partial charge in [0.05, 0.1) is 0 Å². The molecule has 0 spiro atoms. The van der Waals surface area contributed by atoms with Crippen molar-refractivity contribution in [2.24, 2.45) is 0 Å². The van der Waals surface area contributed by atoms with E-state index in [1.54, 1.807) is 0 Å². The summed E-state index contributed by atoms with van der Waals surface area (Å²) in [7, 11) is -8.24. The summed E-state index contributed by atoms with van der Waals surface area (Å²) >= 11 is -6.86. The van der Waals surface area contributed by atoms with Crippen molar-refractivity contribution in [3.05, 3.63) is 0 Å². The Morgan fingerprint density at radius 3 is 0.538 bits per heavy atom. The van der Waals surface area contributed by atoms with E-state index in [0.717, 1.165) is 0 Å². The first-order valence-electron chi connectivity index (χ1n) is 1.55. The second-order valence-electron chi connectivity index (χ2n) is 0.686. The molecule has 0 nitrogen and oxygen atoms in total. The van der Waals surface area contributed by atoms with E-state index in [9.17, 15) is 38.4 Å². The Morgan fingerprint density at radius 2 is 0.538 bits per heavy atom. The second kappa shape index (κ2) is 10.9. The summed E-state index contributed by atoms with van der Waals surface area (Å²) in [6.45, 7) is 0. The van der Waals surface area contributed by atoms with Gasteiger partial charge in [0.25, 0.3) is 0 Å². The van der Waals surface area contributed by atoms with Crippen molar-refractivity contribution in [2.45, 2.75) is 0 Å². The molecule has 0 aromatic rings. The van der Waals surface area contributed by atoms with Crippen LogP contribution in [0.5, 0.6) is 0 Å². The Kier molecular flexibility index (Phi) is 16.2. The fourth-order valence-electron chi connectivity index (χ4n) is 0. The molecule has 0 saturated heterocycles. The molecular weight excluding hydrogens is 353 g/mol. The molecule has 13 heavy (non-hydrogen) atoms. The Balaban J connectivity index is -0.000000117. The standard InChI is InChI=1S/2F3P.4FH.Ru/c2*1-4(2)3;;;;;/h;;4*1H;/q;;;;;;+4/p-4. The van der Waals surface area contributed by atoms with E-state index in [2.05, 4.69) is 0 Å². The molecule has 0 aliphatic rings. The van der Waals surface area contributed by atoms with Crippen molar-refractivity contribution < 1.29 is 55.2 Å². The van der Waals surface area contributed by atoms with E-state index in [4.69, 9.17) is 0 Å². The summed E-state index contributed by atoms with van der Waals surface area (Å²) in [5.74, 6) is 0. The van der Waals surface area contributed by atoms with Gasteiger partial charge in [0.2, 0.25) is 0 Å². The minimum absolute atomic E-state index is 4.12. The fraction of sp³-hybridized carbons (Fsp3) is 0. The first-order chi connectivity index (χ1) is 5.46. The molecule has 0 aromatic heterocycles. The normalized spacial score (nSPS) is 11.4. The molecule has 88 valence electrons. The summed E-state index contributed by atoms with van der Waals surface area (Å²) in [5.41, 5.74) is 0. The summed E-state index contributed by atoms with van der Waals surface area (Å²) < 4.78 is 97.8. The third-order valence-electron chi connectivity index (χ3n) is 0. The van der Waals surface area contributed by atoms with Crippen molar-refractivity contribution in [1.82, 2.24) is 0 Å². The van der Waals surface area contributed by atoms with Gasteiger partial charge >= 0.3 is 47.7 Å². The van der Waals surface area contributed by atoms with Crippen LogP contribution in [0, 0.1) is 0 Å². The van der Waals surface area contributed by atoms with Crippen LogP contribution in [0.2, 0.25) is 0 Å². The Morgan fingerprint density at radius 1 is 0.538 bits per heavy atom. The first kappa shape index (κ1) is 19.4. The van der Waals surface area contributed by atoms with Gasteiger partial charge in [-0.2, -0.15) is 25.2 Å². The number of hydrogen-bond donors (Lipinski definition) is 0. The van der Waals surface area contributed by atoms with E-state index in [0.29, 0.717) is 0 Å². The van der Waals surface area contributed by atoms with Crippen LogP contribution in [0.1, 0.15) is 0 Å². The van der Waals surface area contributed by atoms with E-state index >= 15 is 0 Å². The second-order valence-corrected chi connectivity index (χ2v) is 2.94. The number of hydrogen-bond acceptors (Lipinski definition) is 0. The Bertz CT molecular complexity index is 67.9. The number of halogens is 10. The van der Waals surface area contributed by atoms with Gasteiger partial charge < -0.3 is 0 Å². The fourth-order valence-corrected chi connectivity index (χ4v) is 0. The van der Waals surface area contributed by atoms with Gasteiger partial charge in [0.1, 0.15) is 0 Å². The molecular formula is F10P2Ru. The van der Waals surface area contributed by atoms with Gasteiger partial charge in [-0.3, -0.25) is 0 Å². The van der Waals surface area contributed by atoms with Gasteiger partial charge in [0.15, 0.2) is 0 Å². The van der Waals surface area contributed by atoms with Crippen LogP contribution in [0.4, 0.5) is 38.4 Å². The monoisotopic (exact) mass is 354 g/mol. The average Bonchev–Trinajstić information content (AvgIpc) is 1.50. The summed E-state index contributed by atoms with van der Waals surface area (Å²) in [6, 6.07) is 0. The van der Waals surface area contributed by atoms with Gasteiger partial charge in [-0.1, -0.05) is 0 Å². The molecule has 0 aliphatic carbocycles. The van der Waals surface area contributed by atoms with Crippen LogP contribution in [0.25, 0.3) is 0 Å². The first-order valence-corrected chi connectivity index (χ1v) is 6.20. The maximum absolute atomic E-state index is 9.86. The Labute approximate surface area is 73.6 Å². The molecule has 0 radical (unpaired) electrons. The van der Waals surface area contributed by atoms with Gasteiger partial charge in [-0.05, 0) is 0 Å². The van der Waals surface area contributed by atoms with Crippen LogP contribution < -0.4 is 0 Å². The third-order valence-corrected chi connectivity index (χ3v) is 0. The summed E-state index contributed by atoms with van der Waals surface area (Å²) in [6.07, 6.45) is 0. The SMILES string of the molecule is FP(F)F.FP(F)F.[F][Ru]([F])([F])[F].